The SMILES string of the molecule is COc1ccc(C2CCN(C(=O)c3cc4c(C)cc(C)cc4[nH]3)C2)cc1. The third-order valence-electron chi connectivity index (χ3n) is 5.38. The summed E-state index contributed by atoms with van der Waals surface area (Å²) < 4.78 is 5.23. The van der Waals surface area contributed by atoms with Crippen LogP contribution in [0.5, 0.6) is 5.75 Å². The molecule has 0 saturated carbocycles. The minimum Gasteiger partial charge on any atom is -0.497 e. The first-order valence-corrected chi connectivity index (χ1v) is 9.08. The molecule has 1 fully saturated rings. The number of fused-ring (bicyclic) bond motifs is 1. The van der Waals surface area contributed by atoms with Gasteiger partial charge in [0.25, 0.3) is 5.91 Å². The molecule has 0 spiro atoms. The third kappa shape index (κ3) is 2.96. The molecule has 1 saturated heterocycles. The van der Waals surface area contributed by atoms with Gasteiger partial charge in [-0.05, 0) is 61.2 Å². The molecule has 26 heavy (non-hydrogen) atoms. The number of methoxy groups -OCH3 is 1. The van der Waals surface area contributed by atoms with E-state index in [9.17, 15) is 4.79 Å². The highest BCUT2D eigenvalue weighted by Crippen LogP contribution is 2.30. The minimum absolute atomic E-state index is 0.0919. The maximum Gasteiger partial charge on any atom is 0.270 e. The number of aromatic nitrogens is 1. The summed E-state index contributed by atoms with van der Waals surface area (Å²) in [5.74, 6) is 1.34. The van der Waals surface area contributed by atoms with Crippen LogP contribution >= 0.6 is 0 Å². The molecular weight excluding hydrogens is 324 g/mol. The molecule has 2 aromatic carbocycles. The second-order valence-electron chi connectivity index (χ2n) is 7.24. The minimum atomic E-state index is 0.0919. The van der Waals surface area contributed by atoms with Gasteiger partial charge in [0.15, 0.2) is 0 Å². The van der Waals surface area contributed by atoms with E-state index in [0.717, 1.165) is 36.2 Å². The van der Waals surface area contributed by atoms with Crippen molar-refractivity contribution >= 4 is 16.8 Å². The molecule has 4 rings (SSSR count). The van der Waals surface area contributed by atoms with Crippen LogP contribution in [0, 0.1) is 13.8 Å². The van der Waals surface area contributed by atoms with Gasteiger partial charge in [0.2, 0.25) is 0 Å². The summed E-state index contributed by atoms with van der Waals surface area (Å²) >= 11 is 0. The van der Waals surface area contributed by atoms with E-state index in [-0.39, 0.29) is 5.91 Å². The normalized spacial score (nSPS) is 17.0. The maximum absolute atomic E-state index is 13.0. The molecule has 1 unspecified atom stereocenters. The van der Waals surface area contributed by atoms with Crippen molar-refractivity contribution in [2.24, 2.45) is 0 Å². The number of nitrogens with zero attached hydrogens (tertiary/aromatic N) is 1. The largest absolute Gasteiger partial charge is 0.497 e. The van der Waals surface area contributed by atoms with Crippen molar-refractivity contribution in [2.45, 2.75) is 26.2 Å². The Morgan fingerprint density at radius 3 is 2.65 bits per heavy atom. The number of H-pyrrole nitrogens is 1. The van der Waals surface area contributed by atoms with Crippen LogP contribution in [0.25, 0.3) is 10.9 Å². The quantitative estimate of drug-likeness (QED) is 0.761. The van der Waals surface area contributed by atoms with Crippen LogP contribution in [0.15, 0.2) is 42.5 Å². The summed E-state index contributed by atoms with van der Waals surface area (Å²) in [6.45, 7) is 5.73. The lowest BCUT2D eigenvalue weighted by Gasteiger charge is -2.16. The predicted octanol–water partition coefficient (Wildman–Crippen LogP) is 4.42. The standard InChI is InChI=1S/C22H24N2O2/c1-14-10-15(2)19-12-21(23-20(19)11-14)22(25)24-9-8-17(13-24)16-4-6-18(26-3)7-5-16/h4-7,10-12,17,23H,8-9,13H2,1-3H3. The molecule has 1 aliphatic rings. The van der Waals surface area contributed by atoms with Gasteiger partial charge in [0.05, 0.1) is 7.11 Å². The molecule has 134 valence electrons. The van der Waals surface area contributed by atoms with Crippen LogP contribution in [-0.4, -0.2) is 36.0 Å². The van der Waals surface area contributed by atoms with Crippen LogP contribution in [0.2, 0.25) is 0 Å². The number of rotatable bonds is 3. The molecule has 1 atom stereocenters. The Hall–Kier alpha value is -2.75. The fraction of sp³-hybridized carbons (Fsp3) is 0.318. The number of aryl methyl sites for hydroxylation is 2. The van der Waals surface area contributed by atoms with E-state index < -0.39 is 0 Å². The first kappa shape index (κ1) is 16.7. The van der Waals surface area contributed by atoms with Gasteiger partial charge < -0.3 is 14.6 Å². The summed E-state index contributed by atoms with van der Waals surface area (Å²) in [6.07, 6.45) is 0.996. The molecule has 1 aromatic heterocycles. The zero-order chi connectivity index (χ0) is 18.3. The number of aromatic amines is 1. The van der Waals surface area contributed by atoms with E-state index >= 15 is 0 Å². The first-order chi connectivity index (χ1) is 12.5. The van der Waals surface area contributed by atoms with Crippen molar-refractivity contribution in [1.29, 1.82) is 0 Å². The lowest BCUT2D eigenvalue weighted by molar-refractivity contribution is 0.0786. The fourth-order valence-corrected chi connectivity index (χ4v) is 3.98. The molecule has 3 aromatic rings. The van der Waals surface area contributed by atoms with Crippen LogP contribution < -0.4 is 4.74 Å². The number of carbonyl (C=O) groups excluding carboxylic acids is 1. The Kier molecular flexibility index (Phi) is 4.19. The van der Waals surface area contributed by atoms with Crippen molar-refractivity contribution in [2.75, 3.05) is 20.2 Å². The average Bonchev–Trinajstić information content (AvgIpc) is 3.28. The lowest BCUT2D eigenvalue weighted by atomic mass is 9.98. The molecule has 4 heteroatoms. The Bertz CT molecular complexity index is 956. The van der Waals surface area contributed by atoms with Crippen LogP contribution in [0.4, 0.5) is 0 Å². The zero-order valence-electron chi connectivity index (χ0n) is 15.5. The topological polar surface area (TPSA) is 45.3 Å². The van der Waals surface area contributed by atoms with Gasteiger partial charge in [0.1, 0.15) is 11.4 Å². The second kappa shape index (κ2) is 6.52. The molecule has 4 nitrogen and oxygen atoms in total. The summed E-state index contributed by atoms with van der Waals surface area (Å²) in [7, 11) is 1.68. The summed E-state index contributed by atoms with van der Waals surface area (Å²) in [5.41, 5.74) is 5.40. The van der Waals surface area contributed by atoms with E-state index in [0.29, 0.717) is 11.6 Å². The lowest BCUT2D eigenvalue weighted by Crippen LogP contribution is -2.28. The molecule has 0 radical (unpaired) electrons. The van der Waals surface area contributed by atoms with E-state index in [4.69, 9.17) is 4.74 Å². The van der Waals surface area contributed by atoms with Crippen molar-refractivity contribution < 1.29 is 9.53 Å². The van der Waals surface area contributed by atoms with Crippen LogP contribution in [-0.2, 0) is 0 Å². The van der Waals surface area contributed by atoms with Gasteiger partial charge in [-0.25, -0.2) is 0 Å². The Balaban J connectivity index is 1.53. The summed E-state index contributed by atoms with van der Waals surface area (Å²) in [6, 6.07) is 14.4. The number of hydrogen-bond donors (Lipinski definition) is 1. The molecular formula is C22H24N2O2. The van der Waals surface area contributed by atoms with Gasteiger partial charge >= 0.3 is 0 Å². The highest BCUT2D eigenvalue weighted by molar-refractivity contribution is 5.99. The predicted molar refractivity (Wildman–Crippen MR) is 104 cm³/mol. The van der Waals surface area contributed by atoms with E-state index in [2.05, 4.69) is 43.1 Å². The Labute approximate surface area is 153 Å². The highest BCUT2D eigenvalue weighted by atomic mass is 16.5. The Morgan fingerprint density at radius 1 is 1.15 bits per heavy atom. The molecule has 1 aliphatic heterocycles. The van der Waals surface area contributed by atoms with Crippen molar-refractivity contribution in [3.05, 3.63) is 64.8 Å². The van der Waals surface area contributed by atoms with Crippen molar-refractivity contribution in [3.8, 4) is 5.75 Å². The Morgan fingerprint density at radius 2 is 1.92 bits per heavy atom. The number of carbonyl (C=O) groups is 1. The molecule has 0 aliphatic carbocycles. The second-order valence-corrected chi connectivity index (χ2v) is 7.24. The highest BCUT2D eigenvalue weighted by Gasteiger charge is 2.28. The zero-order valence-corrected chi connectivity index (χ0v) is 15.5. The molecule has 0 bridgehead atoms. The van der Waals surface area contributed by atoms with Crippen LogP contribution in [0.1, 0.15) is 39.5 Å². The van der Waals surface area contributed by atoms with Gasteiger partial charge in [-0.3, -0.25) is 4.79 Å². The van der Waals surface area contributed by atoms with Crippen molar-refractivity contribution in [3.63, 3.8) is 0 Å². The third-order valence-corrected chi connectivity index (χ3v) is 5.38. The molecule has 1 N–H and O–H groups in total. The van der Waals surface area contributed by atoms with Gasteiger partial charge in [0, 0.05) is 29.9 Å². The average molecular weight is 348 g/mol. The monoisotopic (exact) mass is 348 g/mol. The van der Waals surface area contributed by atoms with Gasteiger partial charge in [-0.1, -0.05) is 18.2 Å². The van der Waals surface area contributed by atoms with Crippen LogP contribution in [0.3, 0.4) is 0 Å². The molecule has 2 heterocycles. The maximum atomic E-state index is 13.0. The number of ether oxygens (including phenoxy) is 1. The summed E-state index contributed by atoms with van der Waals surface area (Å²) in [5, 5.41) is 1.13. The molecule has 1 amide bonds. The fourth-order valence-electron chi connectivity index (χ4n) is 3.98. The number of likely N-dealkylation sites (tertiary alicyclic amines) is 1. The smallest absolute Gasteiger partial charge is 0.270 e. The number of nitrogens with one attached hydrogen (secondary N) is 1. The number of amides is 1. The van der Waals surface area contributed by atoms with Gasteiger partial charge in [-0.15, -0.1) is 0 Å². The van der Waals surface area contributed by atoms with Gasteiger partial charge in [-0.2, -0.15) is 0 Å². The van der Waals surface area contributed by atoms with Crippen molar-refractivity contribution in [1.82, 2.24) is 9.88 Å². The number of benzene rings is 2. The number of hydrogen-bond acceptors (Lipinski definition) is 2. The first-order valence-electron chi connectivity index (χ1n) is 9.08. The summed E-state index contributed by atoms with van der Waals surface area (Å²) in [4.78, 5) is 18.2. The van der Waals surface area contributed by atoms with E-state index in [1.807, 2.05) is 23.1 Å². The van der Waals surface area contributed by atoms with E-state index in [1.54, 1.807) is 7.11 Å². The van der Waals surface area contributed by atoms with E-state index in [1.165, 1.54) is 16.7 Å².